The van der Waals surface area contributed by atoms with Gasteiger partial charge in [0.05, 0.1) is 12.6 Å². The molecule has 0 amide bonds. The van der Waals surface area contributed by atoms with Gasteiger partial charge in [-0.1, -0.05) is 27.7 Å². The summed E-state index contributed by atoms with van der Waals surface area (Å²) >= 11 is 0. The average Bonchev–Trinajstić information content (AvgIpc) is 2.64. The molecule has 0 spiro atoms. The van der Waals surface area contributed by atoms with Gasteiger partial charge in [-0.05, 0) is 42.7 Å². The number of hydrogen-bond acceptors (Lipinski definition) is 2. The molecule has 0 bridgehead atoms. The summed E-state index contributed by atoms with van der Waals surface area (Å²) < 4.78 is 5.82. The van der Waals surface area contributed by atoms with Crippen molar-refractivity contribution >= 4 is 0 Å². The van der Waals surface area contributed by atoms with Gasteiger partial charge in [-0.3, -0.25) is 0 Å². The Morgan fingerprint density at radius 1 is 1.31 bits per heavy atom. The van der Waals surface area contributed by atoms with E-state index in [1.807, 2.05) is 7.05 Å². The van der Waals surface area contributed by atoms with Gasteiger partial charge in [0.25, 0.3) is 0 Å². The Morgan fingerprint density at radius 3 is 2.31 bits per heavy atom. The molecule has 1 fully saturated rings. The third-order valence-corrected chi connectivity index (χ3v) is 5.05. The lowest BCUT2D eigenvalue weighted by atomic mass is 10.0. The van der Waals surface area contributed by atoms with Crippen molar-refractivity contribution in [2.75, 3.05) is 13.7 Å². The van der Waals surface area contributed by atoms with E-state index >= 15 is 0 Å². The van der Waals surface area contributed by atoms with Crippen LogP contribution in [0.15, 0.2) is 11.8 Å². The Bertz CT molecular complexity index is 290. The van der Waals surface area contributed by atoms with Gasteiger partial charge in [-0.25, -0.2) is 0 Å². The lowest BCUT2D eigenvalue weighted by Gasteiger charge is -2.25. The van der Waals surface area contributed by atoms with Crippen molar-refractivity contribution < 1.29 is 4.74 Å². The van der Waals surface area contributed by atoms with Gasteiger partial charge < -0.3 is 10.1 Å². The smallest absolute Gasteiger partial charge is 0.109 e. The van der Waals surface area contributed by atoms with Crippen molar-refractivity contribution in [3.8, 4) is 0 Å². The molecule has 1 N–H and O–H groups in total. The maximum atomic E-state index is 5.82. The molecule has 1 aliphatic heterocycles. The summed E-state index contributed by atoms with van der Waals surface area (Å²) in [4.78, 5) is 0. The molecule has 92 valence electrons. The molecular weight excluding hydrogens is 198 g/mol. The molecule has 2 nitrogen and oxygen atoms in total. The van der Waals surface area contributed by atoms with Gasteiger partial charge >= 0.3 is 0 Å². The van der Waals surface area contributed by atoms with Crippen LogP contribution in [-0.2, 0) is 4.74 Å². The summed E-state index contributed by atoms with van der Waals surface area (Å²) in [6.45, 7) is 10.4. The van der Waals surface area contributed by atoms with Gasteiger partial charge in [0, 0.05) is 0 Å². The summed E-state index contributed by atoms with van der Waals surface area (Å²) in [5, 5.41) is 3.45. The highest BCUT2D eigenvalue weighted by molar-refractivity contribution is 5.23. The van der Waals surface area contributed by atoms with Crippen LogP contribution in [0.4, 0.5) is 0 Å². The standard InChI is InChI=1S/C14H25NO/c1-13(2)12(14(13,3)4)11(15-5)10-8-6-7-9-16-10/h8,11-12,15H,6-7,9H2,1-5H3. The van der Waals surface area contributed by atoms with Crippen molar-refractivity contribution in [1.82, 2.24) is 5.32 Å². The third-order valence-electron chi connectivity index (χ3n) is 5.05. The number of likely N-dealkylation sites (N-methyl/N-ethyl adjacent to an activating group) is 1. The van der Waals surface area contributed by atoms with E-state index in [-0.39, 0.29) is 0 Å². The zero-order valence-corrected chi connectivity index (χ0v) is 11.3. The van der Waals surface area contributed by atoms with Gasteiger partial charge in [0.15, 0.2) is 0 Å². The maximum absolute atomic E-state index is 5.82. The second-order valence-corrected chi connectivity index (χ2v) is 6.28. The van der Waals surface area contributed by atoms with Crippen LogP contribution in [0.3, 0.4) is 0 Å². The summed E-state index contributed by atoms with van der Waals surface area (Å²) in [5.41, 5.74) is 0.810. The molecule has 1 unspecified atom stereocenters. The van der Waals surface area contributed by atoms with Gasteiger partial charge in [0.2, 0.25) is 0 Å². The Hall–Kier alpha value is -0.500. The Morgan fingerprint density at radius 2 is 1.94 bits per heavy atom. The zero-order chi connectivity index (χ0) is 12.0. The minimum atomic E-state index is 0.394. The highest BCUT2D eigenvalue weighted by Gasteiger charge is 2.67. The van der Waals surface area contributed by atoms with Crippen molar-refractivity contribution in [2.24, 2.45) is 16.7 Å². The molecule has 0 aromatic rings. The SMILES string of the molecule is CNC(C1=CCCCO1)C1C(C)(C)C1(C)C. The Kier molecular flexibility index (Phi) is 2.82. The van der Waals surface area contributed by atoms with E-state index in [9.17, 15) is 0 Å². The van der Waals surface area contributed by atoms with Crippen molar-refractivity contribution in [3.63, 3.8) is 0 Å². The first-order chi connectivity index (χ1) is 7.43. The molecule has 1 atom stereocenters. The minimum absolute atomic E-state index is 0.394. The number of hydrogen-bond donors (Lipinski definition) is 1. The summed E-state index contributed by atoms with van der Waals surface area (Å²) in [6, 6.07) is 0.394. The first-order valence-corrected chi connectivity index (χ1v) is 6.43. The fraction of sp³-hybridized carbons (Fsp3) is 0.857. The second kappa shape index (κ2) is 3.76. The molecule has 2 aliphatic rings. The van der Waals surface area contributed by atoms with E-state index in [4.69, 9.17) is 4.74 Å². The summed E-state index contributed by atoms with van der Waals surface area (Å²) in [7, 11) is 2.05. The zero-order valence-electron chi connectivity index (χ0n) is 11.3. The van der Waals surface area contributed by atoms with Gasteiger partial charge in [-0.15, -0.1) is 0 Å². The molecule has 0 aromatic heterocycles. The Balaban J connectivity index is 2.16. The molecule has 2 heteroatoms. The van der Waals surface area contributed by atoms with Crippen LogP contribution in [0.1, 0.15) is 40.5 Å². The largest absolute Gasteiger partial charge is 0.497 e. The second-order valence-electron chi connectivity index (χ2n) is 6.28. The number of allylic oxidation sites excluding steroid dienone is 1. The highest BCUT2D eigenvalue weighted by atomic mass is 16.5. The van der Waals surface area contributed by atoms with Crippen LogP contribution in [0.25, 0.3) is 0 Å². The van der Waals surface area contributed by atoms with Gasteiger partial charge in [-0.2, -0.15) is 0 Å². The van der Waals surface area contributed by atoms with Crippen LogP contribution in [0.5, 0.6) is 0 Å². The lowest BCUT2D eigenvalue weighted by molar-refractivity contribution is 0.158. The van der Waals surface area contributed by atoms with E-state index in [1.165, 1.54) is 12.2 Å². The highest BCUT2D eigenvalue weighted by Crippen LogP contribution is 2.70. The molecule has 16 heavy (non-hydrogen) atoms. The number of rotatable bonds is 3. The molecule has 1 heterocycles. The molecule has 0 radical (unpaired) electrons. The maximum Gasteiger partial charge on any atom is 0.109 e. The average molecular weight is 223 g/mol. The van der Waals surface area contributed by atoms with Crippen molar-refractivity contribution in [1.29, 1.82) is 0 Å². The lowest BCUT2D eigenvalue weighted by Crippen LogP contribution is -2.34. The van der Waals surface area contributed by atoms with Crippen LogP contribution >= 0.6 is 0 Å². The normalized spacial score (nSPS) is 29.2. The Labute approximate surface area is 99.4 Å². The van der Waals surface area contributed by atoms with E-state index in [0.717, 1.165) is 13.0 Å². The topological polar surface area (TPSA) is 21.3 Å². The van der Waals surface area contributed by atoms with E-state index in [1.54, 1.807) is 0 Å². The van der Waals surface area contributed by atoms with Crippen LogP contribution in [-0.4, -0.2) is 19.7 Å². The third kappa shape index (κ3) is 1.58. The van der Waals surface area contributed by atoms with Gasteiger partial charge in [0.1, 0.15) is 5.76 Å². The first kappa shape index (κ1) is 12.0. The molecule has 1 saturated carbocycles. The van der Waals surface area contributed by atoms with Crippen LogP contribution in [0.2, 0.25) is 0 Å². The number of ether oxygens (including phenoxy) is 1. The van der Waals surface area contributed by atoms with Crippen LogP contribution in [0, 0.1) is 16.7 Å². The monoisotopic (exact) mass is 223 g/mol. The van der Waals surface area contributed by atoms with Crippen LogP contribution < -0.4 is 5.32 Å². The van der Waals surface area contributed by atoms with E-state index < -0.39 is 0 Å². The van der Waals surface area contributed by atoms with E-state index in [0.29, 0.717) is 22.8 Å². The quantitative estimate of drug-likeness (QED) is 0.794. The summed E-state index contributed by atoms with van der Waals surface area (Å²) in [5.74, 6) is 1.85. The molecule has 1 aliphatic carbocycles. The number of nitrogens with one attached hydrogen (secondary N) is 1. The fourth-order valence-electron chi connectivity index (χ4n) is 3.35. The van der Waals surface area contributed by atoms with Crippen molar-refractivity contribution in [3.05, 3.63) is 11.8 Å². The predicted octanol–water partition coefficient (Wildman–Crippen LogP) is 2.95. The predicted molar refractivity (Wildman–Crippen MR) is 67.2 cm³/mol. The molecule has 0 saturated heterocycles. The first-order valence-electron chi connectivity index (χ1n) is 6.43. The minimum Gasteiger partial charge on any atom is -0.497 e. The molecule has 0 aromatic carbocycles. The van der Waals surface area contributed by atoms with Crippen molar-refractivity contribution in [2.45, 2.75) is 46.6 Å². The van der Waals surface area contributed by atoms with E-state index in [2.05, 4.69) is 39.1 Å². The molecular formula is C14H25NO. The summed E-state index contributed by atoms with van der Waals surface area (Å²) in [6.07, 6.45) is 4.60. The fourth-order valence-corrected chi connectivity index (χ4v) is 3.35. The molecule has 2 rings (SSSR count).